The number of rotatable bonds is 4. The molecule has 0 saturated carbocycles. The number of aromatic nitrogens is 1. The first-order chi connectivity index (χ1) is 8.56. The highest BCUT2D eigenvalue weighted by atomic mass is 32.1. The number of anilines is 2. The van der Waals surface area contributed by atoms with E-state index in [2.05, 4.69) is 42.8 Å². The van der Waals surface area contributed by atoms with Gasteiger partial charge in [-0.2, -0.15) is 0 Å². The number of hydrogen-bond acceptors (Lipinski definition) is 4. The zero-order chi connectivity index (χ0) is 13.3. The van der Waals surface area contributed by atoms with E-state index in [0.717, 1.165) is 34.9 Å². The molecule has 1 unspecified atom stereocenters. The standard InChI is InChI=1S/C14H21N3S/c1-5-9(3)17(6-2)13-8-12-14(7-11(13)15)18-10(4)16-12/h7-9H,5-6,15H2,1-4H3. The lowest BCUT2D eigenvalue weighted by molar-refractivity contribution is 0.631. The zero-order valence-electron chi connectivity index (χ0n) is 11.5. The van der Waals surface area contributed by atoms with Crippen molar-refractivity contribution < 1.29 is 0 Å². The molecule has 98 valence electrons. The molecule has 1 aromatic carbocycles. The Morgan fingerprint density at radius 3 is 2.72 bits per heavy atom. The van der Waals surface area contributed by atoms with Crippen LogP contribution < -0.4 is 10.6 Å². The fourth-order valence-electron chi connectivity index (χ4n) is 2.28. The fourth-order valence-corrected chi connectivity index (χ4v) is 3.14. The van der Waals surface area contributed by atoms with E-state index in [1.54, 1.807) is 11.3 Å². The van der Waals surface area contributed by atoms with Crippen molar-refractivity contribution in [1.29, 1.82) is 0 Å². The molecular weight excluding hydrogens is 242 g/mol. The average molecular weight is 263 g/mol. The maximum absolute atomic E-state index is 6.20. The van der Waals surface area contributed by atoms with Gasteiger partial charge < -0.3 is 10.6 Å². The molecule has 2 rings (SSSR count). The normalized spacial score (nSPS) is 12.9. The third-order valence-corrected chi connectivity index (χ3v) is 4.35. The minimum Gasteiger partial charge on any atom is -0.397 e. The summed E-state index contributed by atoms with van der Waals surface area (Å²) >= 11 is 1.70. The quantitative estimate of drug-likeness (QED) is 0.853. The van der Waals surface area contributed by atoms with Gasteiger partial charge in [-0.25, -0.2) is 4.98 Å². The van der Waals surface area contributed by atoms with Gasteiger partial charge in [0.15, 0.2) is 0 Å². The van der Waals surface area contributed by atoms with Crippen molar-refractivity contribution in [2.75, 3.05) is 17.2 Å². The van der Waals surface area contributed by atoms with Crippen LogP contribution in [0.5, 0.6) is 0 Å². The van der Waals surface area contributed by atoms with Crippen molar-refractivity contribution in [1.82, 2.24) is 4.98 Å². The van der Waals surface area contributed by atoms with Gasteiger partial charge in [0.2, 0.25) is 0 Å². The molecule has 0 fully saturated rings. The number of benzene rings is 1. The van der Waals surface area contributed by atoms with Crippen LogP contribution in [0.4, 0.5) is 11.4 Å². The molecule has 0 radical (unpaired) electrons. The van der Waals surface area contributed by atoms with E-state index in [4.69, 9.17) is 5.73 Å². The van der Waals surface area contributed by atoms with Gasteiger partial charge >= 0.3 is 0 Å². The van der Waals surface area contributed by atoms with Crippen LogP contribution in [0.2, 0.25) is 0 Å². The summed E-state index contributed by atoms with van der Waals surface area (Å²) in [6.07, 6.45) is 1.11. The van der Waals surface area contributed by atoms with E-state index in [9.17, 15) is 0 Å². The minimum atomic E-state index is 0.495. The summed E-state index contributed by atoms with van der Waals surface area (Å²) in [4.78, 5) is 6.90. The summed E-state index contributed by atoms with van der Waals surface area (Å²) in [6.45, 7) is 9.61. The van der Waals surface area contributed by atoms with Crippen LogP contribution in [-0.2, 0) is 0 Å². The number of thiazole rings is 1. The van der Waals surface area contributed by atoms with E-state index >= 15 is 0 Å². The highest BCUT2D eigenvalue weighted by Gasteiger charge is 2.15. The molecule has 0 aliphatic carbocycles. The highest BCUT2D eigenvalue weighted by Crippen LogP contribution is 2.33. The smallest absolute Gasteiger partial charge is 0.0907 e. The molecule has 2 aromatic rings. The largest absolute Gasteiger partial charge is 0.397 e. The lowest BCUT2D eigenvalue weighted by Crippen LogP contribution is -2.32. The maximum Gasteiger partial charge on any atom is 0.0907 e. The number of fused-ring (bicyclic) bond motifs is 1. The first-order valence-corrected chi connectivity index (χ1v) is 7.31. The Balaban J connectivity index is 2.51. The van der Waals surface area contributed by atoms with E-state index in [1.807, 2.05) is 6.92 Å². The second kappa shape index (κ2) is 5.14. The average Bonchev–Trinajstić information content (AvgIpc) is 2.69. The van der Waals surface area contributed by atoms with Crippen LogP contribution in [-0.4, -0.2) is 17.6 Å². The van der Waals surface area contributed by atoms with Crippen LogP contribution in [0.25, 0.3) is 10.2 Å². The second-order valence-electron chi connectivity index (χ2n) is 4.65. The van der Waals surface area contributed by atoms with E-state index in [-0.39, 0.29) is 0 Å². The molecule has 1 aromatic heterocycles. The first-order valence-electron chi connectivity index (χ1n) is 6.50. The molecule has 0 aliphatic heterocycles. The molecule has 4 heteroatoms. The molecule has 0 spiro atoms. The van der Waals surface area contributed by atoms with Crippen LogP contribution in [0, 0.1) is 6.92 Å². The summed E-state index contributed by atoms with van der Waals surface area (Å²) in [7, 11) is 0. The van der Waals surface area contributed by atoms with E-state index < -0.39 is 0 Å². The molecule has 0 amide bonds. The number of nitrogens with two attached hydrogens (primary N) is 1. The molecule has 18 heavy (non-hydrogen) atoms. The molecular formula is C14H21N3S. The minimum absolute atomic E-state index is 0.495. The fraction of sp³-hybridized carbons (Fsp3) is 0.500. The van der Waals surface area contributed by atoms with Gasteiger partial charge in [0.25, 0.3) is 0 Å². The maximum atomic E-state index is 6.20. The summed E-state index contributed by atoms with van der Waals surface area (Å²) in [5.74, 6) is 0. The Morgan fingerprint density at radius 1 is 1.39 bits per heavy atom. The molecule has 3 nitrogen and oxygen atoms in total. The summed E-state index contributed by atoms with van der Waals surface area (Å²) < 4.78 is 1.17. The van der Waals surface area contributed by atoms with Crippen LogP contribution in [0.15, 0.2) is 12.1 Å². The summed E-state index contributed by atoms with van der Waals surface area (Å²) in [5, 5.41) is 1.09. The first kappa shape index (κ1) is 13.1. The third-order valence-electron chi connectivity index (χ3n) is 3.42. The Labute approximate surface area is 113 Å². The molecule has 1 heterocycles. The monoisotopic (exact) mass is 263 g/mol. The number of hydrogen-bond donors (Lipinski definition) is 1. The van der Waals surface area contributed by atoms with E-state index in [0.29, 0.717) is 6.04 Å². The number of nitrogen functional groups attached to an aromatic ring is 1. The molecule has 1 atom stereocenters. The SMILES string of the molecule is CCC(C)N(CC)c1cc2nc(C)sc2cc1N. The lowest BCUT2D eigenvalue weighted by Gasteiger charge is -2.30. The van der Waals surface area contributed by atoms with Crippen molar-refractivity contribution in [2.45, 2.75) is 40.2 Å². The summed E-state index contributed by atoms with van der Waals surface area (Å²) in [5.41, 5.74) is 9.23. The van der Waals surface area contributed by atoms with Gasteiger partial charge in [-0.05, 0) is 39.3 Å². The Hall–Kier alpha value is -1.29. The predicted octanol–water partition coefficient (Wildman–Crippen LogP) is 3.81. The van der Waals surface area contributed by atoms with E-state index in [1.165, 1.54) is 4.70 Å². The van der Waals surface area contributed by atoms with Crippen LogP contribution in [0.3, 0.4) is 0 Å². The molecule has 0 saturated heterocycles. The molecule has 0 bridgehead atoms. The van der Waals surface area contributed by atoms with Gasteiger partial charge in [-0.15, -0.1) is 11.3 Å². The van der Waals surface area contributed by atoms with Crippen molar-refractivity contribution in [3.05, 3.63) is 17.1 Å². The van der Waals surface area contributed by atoms with Gasteiger partial charge in [0.05, 0.1) is 26.6 Å². The van der Waals surface area contributed by atoms with Crippen molar-refractivity contribution in [3.63, 3.8) is 0 Å². The Morgan fingerprint density at radius 2 is 2.11 bits per heavy atom. The highest BCUT2D eigenvalue weighted by molar-refractivity contribution is 7.18. The summed E-state index contributed by atoms with van der Waals surface area (Å²) in [6, 6.07) is 4.68. The second-order valence-corrected chi connectivity index (χ2v) is 5.89. The lowest BCUT2D eigenvalue weighted by atomic mass is 10.1. The molecule has 0 aliphatic rings. The van der Waals surface area contributed by atoms with Crippen molar-refractivity contribution in [3.8, 4) is 0 Å². The van der Waals surface area contributed by atoms with Gasteiger partial charge in [0, 0.05) is 12.6 Å². The number of aryl methyl sites for hydroxylation is 1. The molecule has 2 N–H and O–H groups in total. The van der Waals surface area contributed by atoms with Crippen molar-refractivity contribution >= 4 is 32.9 Å². The van der Waals surface area contributed by atoms with Crippen LogP contribution >= 0.6 is 11.3 Å². The van der Waals surface area contributed by atoms with Crippen molar-refractivity contribution in [2.24, 2.45) is 0 Å². The predicted molar refractivity (Wildman–Crippen MR) is 81.5 cm³/mol. The zero-order valence-corrected chi connectivity index (χ0v) is 12.3. The third kappa shape index (κ3) is 2.29. The topological polar surface area (TPSA) is 42.2 Å². The Kier molecular flexibility index (Phi) is 3.76. The van der Waals surface area contributed by atoms with Gasteiger partial charge in [0.1, 0.15) is 0 Å². The van der Waals surface area contributed by atoms with Gasteiger partial charge in [-0.3, -0.25) is 0 Å². The number of nitrogens with zero attached hydrogens (tertiary/aromatic N) is 2. The Bertz CT molecular complexity index is 547. The van der Waals surface area contributed by atoms with Crippen LogP contribution in [0.1, 0.15) is 32.2 Å². The van der Waals surface area contributed by atoms with Gasteiger partial charge in [-0.1, -0.05) is 6.92 Å².